The number of benzene rings is 3. The summed E-state index contributed by atoms with van der Waals surface area (Å²) in [5.41, 5.74) is 6.67. The normalized spacial score (nSPS) is 11.1. The van der Waals surface area contributed by atoms with E-state index in [4.69, 9.17) is 4.74 Å². The number of ether oxygens (including phenoxy) is 1. The molecule has 0 atom stereocenters. The molecule has 0 spiro atoms. The van der Waals surface area contributed by atoms with Crippen LogP contribution in [-0.2, 0) is 19.5 Å². The highest BCUT2D eigenvalue weighted by atomic mass is 16.5. The molecular weight excluding hydrogens is 356 g/mol. The van der Waals surface area contributed by atoms with Crippen molar-refractivity contribution in [2.24, 2.45) is 0 Å². The van der Waals surface area contributed by atoms with Crippen LogP contribution in [0.1, 0.15) is 22.3 Å². The number of aromatic nitrogens is 1. The van der Waals surface area contributed by atoms with Crippen molar-refractivity contribution in [3.63, 3.8) is 0 Å². The van der Waals surface area contributed by atoms with E-state index in [0.29, 0.717) is 0 Å². The summed E-state index contributed by atoms with van der Waals surface area (Å²) in [5.74, 6) is 0.906. The first-order chi connectivity index (χ1) is 14.2. The fraction of sp³-hybridized carbons (Fsp3) is 0.231. The number of rotatable bonds is 8. The smallest absolute Gasteiger partial charge is 0.118 e. The summed E-state index contributed by atoms with van der Waals surface area (Å²) in [6, 6.07) is 25.6. The molecule has 0 fully saturated rings. The van der Waals surface area contributed by atoms with Gasteiger partial charge in [0.05, 0.1) is 7.11 Å². The average molecular weight is 385 g/mol. The summed E-state index contributed by atoms with van der Waals surface area (Å²) in [6.45, 7) is 4.91. The molecule has 29 heavy (non-hydrogen) atoms. The number of fused-ring (bicyclic) bond motifs is 1. The summed E-state index contributed by atoms with van der Waals surface area (Å²) >= 11 is 0. The Morgan fingerprint density at radius 1 is 0.862 bits per heavy atom. The predicted octanol–water partition coefficient (Wildman–Crippen LogP) is 5.34. The van der Waals surface area contributed by atoms with E-state index in [0.717, 1.165) is 31.8 Å². The Morgan fingerprint density at radius 3 is 2.41 bits per heavy atom. The Hall–Kier alpha value is -3.04. The standard InChI is InChI=1S/C26H28N2O/c1-20-7-3-4-8-22(20)18-28-19-23(25-9-5-6-10-26(25)28)17-27-16-15-21-11-13-24(29-2)14-12-21/h3-14,19,27H,15-18H2,1-2H3. The van der Waals surface area contributed by atoms with Crippen molar-refractivity contribution in [2.45, 2.75) is 26.4 Å². The van der Waals surface area contributed by atoms with Crippen LogP contribution in [0.5, 0.6) is 5.75 Å². The SMILES string of the molecule is COc1ccc(CCNCc2cn(Cc3ccccc3C)c3ccccc23)cc1. The van der Waals surface area contributed by atoms with E-state index in [1.807, 2.05) is 12.1 Å². The molecule has 148 valence electrons. The molecule has 3 heteroatoms. The van der Waals surface area contributed by atoms with Crippen molar-refractivity contribution in [3.8, 4) is 5.75 Å². The molecular formula is C26H28N2O. The Labute approximate surface area is 172 Å². The van der Waals surface area contributed by atoms with Gasteiger partial charge in [0, 0.05) is 30.2 Å². The molecule has 0 radical (unpaired) electrons. The van der Waals surface area contributed by atoms with Gasteiger partial charge in [0.15, 0.2) is 0 Å². The molecule has 0 saturated carbocycles. The molecule has 0 amide bonds. The van der Waals surface area contributed by atoms with Crippen molar-refractivity contribution in [2.75, 3.05) is 13.7 Å². The molecule has 4 rings (SSSR count). The third kappa shape index (κ3) is 4.52. The minimum absolute atomic E-state index is 0.872. The van der Waals surface area contributed by atoms with Gasteiger partial charge in [-0.3, -0.25) is 0 Å². The Balaban J connectivity index is 1.44. The predicted molar refractivity (Wildman–Crippen MR) is 121 cm³/mol. The average Bonchev–Trinajstić information content (AvgIpc) is 3.11. The van der Waals surface area contributed by atoms with Crippen molar-refractivity contribution >= 4 is 10.9 Å². The van der Waals surface area contributed by atoms with E-state index in [9.17, 15) is 0 Å². The van der Waals surface area contributed by atoms with Gasteiger partial charge >= 0.3 is 0 Å². The first kappa shape index (κ1) is 19.3. The molecule has 0 aliphatic rings. The van der Waals surface area contributed by atoms with E-state index in [-0.39, 0.29) is 0 Å². The molecule has 3 aromatic carbocycles. The molecule has 0 bridgehead atoms. The molecule has 0 unspecified atom stereocenters. The van der Waals surface area contributed by atoms with Crippen LogP contribution in [0.15, 0.2) is 79.0 Å². The number of methoxy groups -OCH3 is 1. The van der Waals surface area contributed by atoms with E-state index in [1.54, 1.807) is 7.11 Å². The molecule has 1 heterocycles. The third-order valence-corrected chi connectivity index (χ3v) is 5.54. The lowest BCUT2D eigenvalue weighted by molar-refractivity contribution is 0.414. The van der Waals surface area contributed by atoms with E-state index in [2.05, 4.69) is 83.7 Å². The first-order valence-corrected chi connectivity index (χ1v) is 10.2. The highest BCUT2D eigenvalue weighted by Crippen LogP contribution is 2.23. The van der Waals surface area contributed by atoms with Crippen LogP contribution in [0.25, 0.3) is 10.9 Å². The Morgan fingerprint density at radius 2 is 1.62 bits per heavy atom. The van der Waals surface area contributed by atoms with Gasteiger partial charge in [-0.1, -0.05) is 54.6 Å². The number of nitrogens with zero attached hydrogens (tertiary/aromatic N) is 1. The molecule has 3 nitrogen and oxygen atoms in total. The van der Waals surface area contributed by atoms with Crippen molar-refractivity contribution in [1.82, 2.24) is 9.88 Å². The number of hydrogen-bond acceptors (Lipinski definition) is 2. The number of hydrogen-bond donors (Lipinski definition) is 1. The Kier molecular flexibility index (Phi) is 5.97. The minimum Gasteiger partial charge on any atom is -0.497 e. The van der Waals surface area contributed by atoms with Crippen LogP contribution in [0, 0.1) is 6.92 Å². The second-order valence-electron chi connectivity index (χ2n) is 7.50. The quantitative estimate of drug-likeness (QED) is 0.415. The van der Waals surface area contributed by atoms with Crippen molar-refractivity contribution in [1.29, 1.82) is 0 Å². The summed E-state index contributed by atoms with van der Waals surface area (Å²) in [7, 11) is 1.70. The maximum absolute atomic E-state index is 5.23. The molecule has 1 aromatic heterocycles. The highest BCUT2D eigenvalue weighted by Gasteiger charge is 2.09. The monoisotopic (exact) mass is 384 g/mol. The lowest BCUT2D eigenvalue weighted by atomic mass is 10.1. The van der Waals surface area contributed by atoms with Crippen LogP contribution < -0.4 is 10.1 Å². The lowest BCUT2D eigenvalue weighted by Gasteiger charge is -2.08. The summed E-state index contributed by atoms with van der Waals surface area (Å²) in [5, 5.41) is 4.95. The van der Waals surface area contributed by atoms with Gasteiger partial charge in [-0.05, 0) is 60.3 Å². The largest absolute Gasteiger partial charge is 0.497 e. The topological polar surface area (TPSA) is 26.2 Å². The molecule has 0 aliphatic heterocycles. The van der Waals surface area contributed by atoms with Crippen molar-refractivity contribution < 1.29 is 4.74 Å². The third-order valence-electron chi connectivity index (χ3n) is 5.54. The van der Waals surface area contributed by atoms with Gasteiger partial charge < -0.3 is 14.6 Å². The van der Waals surface area contributed by atoms with Crippen LogP contribution in [0.4, 0.5) is 0 Å². The first-order valence-electron chi connectivity index (χ1n) is 10.2. The van der Waals surface area contributed by atoms with Gasteiger partial charge in [-0.2, -0.15) is 0 Å². The molecule has 4 aromatic rings. The van der Waals surface area contributed by atoms with Gasteiger partial charge in [0.25, 0.3) is 0 Å². The van der Waals surface area contributed by atoms with Gasteiger partial charge in [-0.15, -0.1) is 0 Å². The molecule has 1 N–H and O–H groups in total. The maximum atomic E-state index is 5.23. The fourth-order valence-corrected chi connectivity index (χ4v) is 3.81. The molecule has 0 saturated heterocycles. The second kappa shape index (κ2) is 8.97. The highest BCUT2D eigenvalue weighted by molar-refractivity contribution is 5.84. The van der Waals surface area contributed by atoms with E-state index >= 15 is 0 Å². The fourth-order valence-electron chi connectivity index (χ4n) is 3.81. The minimum atomic E-state index is 0.872. The summed E-state index contributed by atoms with van der Waals surface area (Å²) in [6.07, 6.45) is 3.31. The van der Waals surface area contributed by atoms with Gasteiger partial charge in [0.1, 0.15) is 5.75 Å². The number of aryl methyl sites for hydroxylation is 1. The Bertz CT molecular complexity index is 1080. The van der Waals surface area contributed by atoms with Gasteiger partial charge in [0.2, 0.25) is 0 Å². The van der Waals surface area contributed by atoms with E-state index in [1.165, 1.54) is 33.2 Å². The second-order valence-corrected chi connectivity index (χ2v) is 7.50. The maximum Gasteiger partial charge on any atom is 0.118 e. The zero-order valence-corrected chi connectivity index (χ0v) is 17.2. The van der Waals surface area contributed by atoms with Crippen LogP contribution in [0.3, 0.4) is 0 Å². The number of para-hydroxylation sites is 1. The summed E-state index contributed by atoms with van der Waals surface area (Å²) in [4.78, 5) is 0. The van der Waals surface area contributed by atoms with Crippen LogP contribution in [-0.4, -0.2) is 18.2 Å². The van der Waals surface area contributed by atoms with Gasteiger partial charge in [-0.25, -0.2) is 0 Å². The summed E-state index contributed by atoms with van der Waals surface area (Å²) < 4.78 is 7.60. The van der Waals surface area contributed by atoms with Crippen LogP contribution in [0.2, 0.25) is 0 Å². The van der Waals surface area contributed by atoms with Crippen molar-refractivity contribution in [3.05, 3.63) is 101 Å². The van der Waals surface area contributed by atoms with Crippen LogP contribution >= 0.6 is 0 Å². The van der Waals surface area contributed by atoms with E-state index < -0.39 is 0 Å². The number of nitrogens with one attached hydrogen (secondary N) is 1. The zero-order valence-electron chi connectivity index (χ0n) is 17.2. The zero-order chi connectivity index (χ0) is 20.1. The molecule has 0 aliphatic carbocycles. The lowest BCUT2D eigenvalue weighted by Crippen LogP contribution is -2.16.